The maximum absolute atomic E-state index is 13.1. The summed E-state index contributed by atoms with van der Waals surface area (Å²) in [7, 11) is -4.43. The summed E-state index contributed by atoms with van der Waals surface area (Å²) in [5.41, 5.74) is 4.59. The van der Waals surface area contributed by atoms with Crippen LogP contribution in [0.1, 0.15) is 11.1 Å². The van der Waals surface area contributed by atoms with Crippen LogP contribution in [0.2, 0.25) is 5.02 Å². The number of nitrogens with zero attached hydrogens (tertiary/aromatic N) is 3. The molecule has 158 valence electrons. The number of ether oxygens (including phenoxy) is 1. The molecule has 0 aliphatic heterocycles. The summed E-state index contributed by atoms with van der Waals surface area (Å²) in [5.74, 6) is -0.0437. The number of aryl methyl sites for hydroxylation is 1. The Kier molecular flexibility index (Phi) is 5.72. The van der Waals surface area contributed by atoms with Crippen LogP contribution in [0, 0.1) is 6.92 Å². The van der Waals surface area contributed by atoms with Gasteiger partial charge >= 0.3 is 6.18 Å². The minimum absolute atomic E-state index is 0.00310. The molecule has 0 unspecified atom stereocenters. The predicted molar refractivity (Wildman–Crippen MR) is 103 cm³/mol. The zero-order chi connectivity index (χ0) is 22.1. The van der Waals surface area contributed by atoms with Gasteiger partial charge in [-0.2, -0.15) is 13.2 Å². The van der Waals surface area contributed by atoms with Crippen LogP contribution < -0.4 is 15.2 Å². The van der Waals surface area contributed by atoms with E-state index in [2.05, 4.69) is 19.7 Å². The summed E-state index contributed by atoms with van der Waals surface area (Å²) in [6.07, 6.45) is -0.916. The van der Waals surface area contributed by atoms with Gasteiger partial charge in [0.15, 0.2) is 5.75 Å². The number of nitrogen functional groups attached to an aromatic ring is 1. The van der Waals surface area contributed by atoms with E-state index >= 15 is 0 Å². The molecule has 0 amide bonds. The van der Waals surface area contributed by atoms with Crippen molar-refractivity contribution in [2.75, 3.05) is 10.5 Å². The Bertz CT molecular complexity index is 1190. The van der Waals surface area contributed by atoms with Crippen LogP contribution in [-0.4, -0.2) is 23.4 Å². The van der Waals surface area contributed by atoms with Crippen LogP contribution in [0.25, 0.3) is 0 Å². The molecule has 2 heterocycles. The van der Waals surface area contributed by atoms with Crippen molar-refractivity contribution in [1.82, 2.24) is 15.0 Å². The lowest BCUT2D eigenvalue weighted by Gasteiger charge is -2.15. The van der Waals surface area contributed by atoms with Crippen molar-refractivity contribution < 1.29 is 26.3 Å². The molecule has 2 aromatic heterocycles. The van der Waals surface area contributed by atoms with Gasteiger partial charge in [-0.1, -0.05) is 11.6 Å². The van der Waals surface area contributed by atoms with Crippen LogP contribution >= 0.6 is 11.6 Å². The number of hydrogen-bond donors (Lipinski definition) is 2. The van der Waals surface area contributed by atoms with Gasteiger partial charge in [0.1, 0.15) is 5.69 Å². The fourth-order valence-corrected chi connectivity index (χ4v) is 3.59. The second kappa shape index (κ2) is 7.95. The first kappa shape index (κ1) is 21.6. The molecule has 0 aliphatic rings. The Morgan fingerprint density at radius 2 is 1.77 bits per heavy atom. The van der Waals surface area contributed by atoms with Crippen molar-refractivity contribution in [2.45, 2.75) is 18.0 Å². The third kappa shape index (κ3) is 4.89. The molecule has 0 bridgehead atoms. The van der Waals surface area contributed by atoms with Gasteiger partial charge in [0.25, 0.3) is 10.0 Å². The molecule has 0 fully saturated rings. The molecule has 13 heteroatoms. The lowest BCUT2D eigenvalue weighted by atomic mass is 10.2. The minimum atomic E-state index is -4.82. The van der Waals surface area contributed by atoms with E-state index in [0.717, 1.165) is 12.1 Å². The molecule has 8 nitrogen and oxygen atoms in total. The molecule has 3 N–H and O–H groups in total. The lowest BCUT2D eigenvalue weighted by molar-refractivity contribution is -0.137. The molecule has 0 atom stereocenters. The van der Waals surface area contributed by atoms with E-state index in [1.165, 1.54) is 24.7 Å². The van der Waals surface area contributed by atoms with Crippen molar-refractivity contribution in [3.8, 4) is 11.6 Å². The fourth-order valence-electron chi connectivity index (χ4n) is 2.29. The first-order chi connectivity index (χ1) is 14.0. The summed E-state index contributed by atoms with van der Waals surface area (Å²) in [6, 6.07) is 3.66. The van der Waals surface area contributed by atoms with E-state index in [-0.39, 0.29) is 23.3 Å². The number of anilines is 2. The summed E-state index contributed by atoms with van der Waals surface area (Å²) < 4.78 is 72.3. The van der Waals surface area contributed by atoms with Crippen molar-refractivity contribution in [3.05, 3.63) is 59.0 Å². The van der Waals surface area contributed by atoms with E-state index in [1.54, 1.807) is 6.92 Å². The molecular weight excluding hydrogens is 447 g/mol. The lowest BCUT2D eigenvalue weighted by Crippen LogP contribution is -2.16. The Morgan fingerprint density at radius 1 is 1.10 bits per heavy atom. The standard InChI is InChI=1S/C17H13ClF3N5O3S/c1-9-4-14(15(23-6-9)29-10-7-24-16(22)25-8-10)26-30(27,28)11-2-3-13(18)12(5-11)17(19,20)21/h2-8,26H,1H3,(H2,22,24,25). The number of nitrogens with two attached hydrogens (primary N) is 1. The zero-order valence-corrected chi connectivity index (χ0v) is 16.7. The average Bonchev–Trinajstić information content (AvgIpc) is 2.64. The zero-order valence-electron chi connectivity index (χ0n) is 15.1. The monoisotopic (exact) mass is 459 g/mol. The highest BCUT2D eigenvalue weighted by atomic mass is 35.5. The number of nitrogens with one attached hydrogen (secondary N) is 1. The number of aromatic nitrogens is 3. The molecule has 0 spiro atoms. The molecule has 30 heavy (non-hydrogen) atoms. The maximum atomic E-state index is 13.1. The number of sulfonamides is 1. The van der Waals surface area contributed by atoms with Gasteiger partial charge in [0.05, 0.1) is 27.9 Å². The van der Waals surface area contributed by atoms with E-state index < -0.39 is 31.7 Å². The number of halogens is 4. The van der Waals surface area contributed by atoms with E-state index in [1.807, 2.05) is 0 Å². The molecule has 0 saturated heterocycles. The highest BCUT2D eigenvalue weighted by Gasteiger charge is 2.34. The van der Waals surface area contributed by atoms with Gasteiger partial charge in [-0.05, 0) is 36.8 Å². The molecule has 1 aromatic carbocycles. The number of alkyl halides is 3. The second-order valence-electron chi connectivity index (χ2n) is 5.99. The van der Waals surface area contributed by atoms with Gasteiger partial charge in [0.2, 0.25) is 11.8 Å². The summed E-state index contributed by atoms with van der Waals surface area (Å²) in [4.78, 5) is 10.9. The molecule has 0 saturated carbocycles. The molecular formula is C17H13ClF3N5O3S. The number of benzene rings is 1. The van der Waals surface area contributed by atoms with Crippen LogP contribution in [0.4, 0.5) is 24.8 Å². The molecule has 0 aliphatic carbocycles. The topological polar surface area (TPSA) is 120 Å². The van der Waals surface area contributed by atoms with E-state index in [9.17, 15) is 21.6 Å². The Balaban J connectivity index is 1.97. The Morgan fingerprint density at radius 3 is 2.40 bits per heavy atom. The van der Waals surface area contributed by atoms with Crippen molar-refractivity contribution >= 4 is 33.3 Å². The van der Waals surface area contributed by atoms with E-state index in [4.69, 9.17) is 22.1 Å². The van der Waals surface area contributed by atoms with Crippen LogP contribution in [-0.2, 0) is 16.2 Å². The molecule has 3 rings (SSSR count). The Labute approximate surface area is 173 Å². The molecule has 0 radical (unpaired) electrons. The first-order valence-electron chi connectivity index (χ1n) is 8.07. The first-order valence-corrected chi connectivity index (χ1v) is 9.93. The van der Waals surface area contributed by atoms with E-state index in [0.29, 0.717) is 11.6 Å². The highest BCUT2D eigenvalue weighted by Crippen LogP contribution is 2.36. The van der Waals surface area contributed by atoms with Crippen LogP contribution in [0.15, 0.2) is 47.8 Å². The van der Waals surface area contributed by atoms with Crippen LogP contribution in [0.5, 0.6) is 11.6 Å². The van der Waals surface area contributed by atoms with Gasteiger partial charge in [-0.25, -0.2) is 23.4 Å². The smallest absolute Gasteiger partial charge is 0.417 e. The second-order valence-corrected chi connectivity index (χ2v) is 8.08. The predicted octanol–water partition coefficient (Wildman–Crippen LogP) is 4.03. The van der Waals surface area contributed by atoms with Crippen molar-refractivity contribution in [3.63, 3.8) is 0 Å². The minimum Gasteiger partial charge on any atom is -0.434 e. The third-order valence-electron chi connectivity index (χ3n) is 3.65. The number of rotatable bonds is 5. The van der Waals surface area contributed by atoms with Crippen molar-refractivity contribution in [2.24, 2.45) is 0 Å². The summed E-state index contributed by atoms with van der Waals surface area (Å²) in [5, 5.41) is -0.619. The normalized spacial score (nSPS) is 11.9. The van der Waals surface area contributed by atoms with Gasteiger partial charge < -0.3 is 10.5 Å². The van der Waals surface area contributed by atoms with Gasteiger partial charge in [-0.3, -0.25) is 4.72 Å². The summed E-state index contributed by atoms with van der Waals surface area (Å²) in [6.45, 7) is 1.64. The third-order valence-corrected chi connectivity index (χ3v) is 5.34. The van der Waals surface area contributed by atoms with Crippen molar-refractivity contribution in [1.29, 1.82) is 0 Å². The number of hydrogen-bond acceptors (Lipinski definition) is 7. The number of pyridine rings is 1. The largest absolute Gasteiger partial charge is 0.434 e. The Hall–Kier alpha value is -3.12. The SMILES string of the molecule is Cc1cnc(Oc2cnc(N)nc2)c(NS(=O)(=O)c2ccc(Cl)c(C(F)(F)F)c2)c1. The van der Waals surface area contributed by atoms with Gasteiger partial charge in [0, 0.05) is 6.20 Å². The highest BCUT2D eigenvalue weighted by molar-refractivity contribution is 7.92. The van der Waals surface area contributed by atoms with Gasteiger partial charge in [-0.15, -0.1) is 0 Å². The average molecular weight is 460 g/mol. The van der Waals surface area contributed by atoms with Crippen LogP contribution in [0.3, 0.4) is 0 Å². The fraction of sp³-hybridized carbons (Fsp3) is 0.118. The molecule has 3 aromatic rings. The summed E-state index contributed by atoms with van der Waals surface area (Å²) >= 11 is 5.55. The maximum Gasteiger partial charge on any atom is 0.417 e. The quantitative estimate of drug-likeness (QED) is 0.591.